The molecule has 0 aromatic carbocycles. The monoisotopic (exact) mass is 334 g/mol. The maximum Gasteiger partial charge on any atom is 0.330 e. The Morgan fingerprint density at radius 3 is 2.87 bits per heavy atom. The first kappa shape index (κ1) is 18.1. The Hall–Kier alpha value is -1.29. The molecule has 2 aliphatic carbocycles. The molecule has 2 aliphatic rings. The summed E-state index contributed by atoms with van der Waals surface area (Å²) in [4.78, 5) is 24.2. The van der Waals surface area contributed by atoms with Gasteiger partial charge in [-0.05, 0) is 37.7 Å². The first-order valence-corrected chi connectivity index (χ1v) is 8.81. The minimum Gasteiger partial charge on any atom is -0.459 e. The first-order chi connectivity index (χ1) is 10.8. The largest absolute Gasteiger partial charge is 0.459 e. The number of rotatable bonds is 4. The third kappa shape index (κ3) is 3.63. The number of allylic oxidation sites excluding steroid dienone is 3. The predicted octanol–water partition coefficient (Wildman–Crippen LogP) is 3.91. The lowest BCUT2D eigenvalue weighted by Gasteiger charge is -2.49. The van der Waals surface area contributed by atoms with Crippen molar-refractivity contribution in [1.29, 1.82) is 0 Å². The summed E-state index contributed by atoms with van der Waals surface area (Å²) in [5.74, 6) is 0.428. The van der Waals surface area contributed by atoms with E-state index in [1.807, 2.05) is 13.0 Å². The van der Waals surface area contributed by atoms with Gasteiger partial charge in [0, 0.05) is 23.7 Å². The molecule has 2 rings (SSSR count). The van der Waals surface area contributed by atoms with Gasteiger partial charge >= 0.3 is 5.97 Å². The zero-order valence-electron chi connectivity index (χ0n) is 14.2. The van der Waals surface area contributed by atoms with Gasteiger partial charge in [0.05, 0.1) is 0 Å². The number of fused-ring (bicyclic) bond motifs is 1. The topological polar surface area (TPSA) is 43.4 Å². The van der Waals surface area contributed by atoms with Crippen molar-refractivity contribution in [1.82, 2.24) is 0 Å². The highest BCUT2D eigenvalue weighted by Gasteiger charge is 2.48. The molecule has 4 heteroatoms. The molecular weight excluding hydrogens is 308 g/mol. The number of hydrogen-bond donors (Lipinski definition) is 1. The average Bonchev–Trinajstić information content (AvgIpc) is 2.49. The summed E-state index contributed by atoms with van der Waals surface area (Å²) in [6.45, 7) is 10.2. The molecule has 1 saturated carbocycles. The fourth-order valence-electron chi connectivity index (χ4n) is 3.80. The molecule has 0 bridgehead atoms. The van der Waals surface area contributed by atoms with Crippen LogP contribution in [-0.4, -0.2) is 23.6 Å². The molecule has 0 N–H and O–H groups in total. The Balaban J connectivity index is 2.20. The van der Waals surface area contributed by atoms with Gasteiger partial charge < -0.3 is 4.74 Å². The molecule has 3 nitrogen and oxygen atoms in total. The molecule has 0 saturated heterocycles. The standard InChI is InChI=1S/C19H26O3S/c1-12(2)15-11-19(4)13(3)17(22-18(21)6-5-9-23)8-7-14(19)10-16(15)20/h5-6,10,13,15,17,23H,1,7-9,11H2,2-4H3/b6-5-/t13-,15-,17+,19+/m0/s1. The molecule has 1 fully saturated rings. The van der Waals surface area contributed by atoms with Crippen LogP contribution < -0.4 is 0 Å². The normalized spacial score (nSPS) is 34.0. The first-order valence-electron chi connectivity index (χ1n) is 8.18. The van der Waals surface area contributed by atoms with Gasteiger partial charge in [-0.2, -0.15) is 12.6 Å². The average molecular weight is 334 g/mol. The van der Waals surface area contributed by atoms with E-state index < -0.39 is 0 Å². The van der Waals surface area contributed by atoms with Gasteiger partial charge in [0.2, 0.25) is 0 Å². The zero-order valence-corrected chi connectivity index (χ0v) is 15.1. The van der Waals surface area contributed by atoms with Crippen molar-refractivity contribution < 1.29 is 14.3 Å². The minimum atomic E-state index is -0.310. The van der Waals surface area contributed by atoms with Crippen LogP contribution in [0.15, 0.2) is 36.0 Å². The Kier molecular flexibility index (Phi) is 5.56. The lowest BCUT2D eigenvalue weighted by Crippen LogP contribution is -2.46. The zero-order chi connectivity index (χ0) is 17.2. The summed E-state index contributed by atoms with van der Waals surface area (Å²) in [6, 6.07) is 0. The summed E-state index contributed by atoms with van der Waals surface area (Å²) in [6.07, 6.45) is 7.16. The van der Waals surface area contributed by atoms with Crippen LogP contribution in [0.25, 0.3) is 0 Å². The Morgan fingerprint density at radius 1 is 1.57 bits per heavy atom. The third-order valence-corrected chi connectivity index (χ3v) is 5.72. The maximum absolute atomic E-state index is 12.3. The highest BCUT2D eigenvalue weighted by molar-refractivity contribution is 7.80. The highest BCUT2D eigenvalue weighted by atomic mass is 32.1. The van der Waals surface area contributed by atoms with E-state index in [9.17, 15) is 9.59 Å². The van der Waals surface area contributed by atoms with Crippen LogP contribution in [0.3, 0.4) is 0 Å². The van der Waals surface area contributed by atoms with Crippen LogP contribution in [0.2, 0.25) is 0 Å². The molecule has 0 radical (unpaired) electrons. The van der Waals surface area contributed by atoms with Gasteiger partial charge in [-0.1, -0.05) is 37.6 Å². The second kappa shape index (κ2) is 7.08. The fourth-order valence-corrected chi connectivity index (χ4v) is 3.91. The van der Waals surface area contributed by atoms with Gasteiger partial charge in [-0.25, -0.2) is 4.79 Å². The number of carbonyl (C=O) groups excluding carboxylic acids is 2. The Labute approximate surface area is 144 Å². The van der Waals surface area contributed by atoms with E-state index in [-0.39, 0.29) is 35.1 Å². The second-order valence-corrected chi connectivity index (χ2v) is 7.35. The lowest BCUT2D eigenvalue weighted by molar-refractivity contribution is -0.150. The number of thiol groups is 1. The molecule has 0 heterocycles. The van der Waals surface area contributed by atoms with Gasteiger partial charge in [0.25, 0.3) is 0 Å². The van der Waals surface area contributed by atoms with E-state index in [1.54, 1.807) is 6.08 Å². The van der Waals surface area contributed by atoms with Gasteiger partial charge in [0.15, 0.2) is 5.78 Å². The number of ether oxygens (including phenoxy) is 1. The Bertz CT molecular complexity index is 575. The second-order valence-electron chi connectivity index (χ2n) is 6.98. The van der Waals surface area contributed by atoms with E-state index in [0.29, 0.717) is 5.75 Å². The van der Waals surface area contributed by atoms with E-state index in [4.69, 9.17) is 4.74 Å². The van der Waals surface area contributed by atoms with Gasteiger partial charge in [0.1, 0.15) is 6.10 Å². The molecule has 0 aliphatic heterocycles. The van der Waals surface area contributed by atoms with Crippen molar-refractivity contribution >= 4 is 24.4 Å². The smallest absolute Gasteiger partial charge is 0.330 e. The molecule has 23 heavy (non-hydrogen) atoms. The van der Waals surface area contributed by atoms with E-state index in [2.05, 4.69) is 33.1 Å². The number of esters is 1. The molecule has 0 aromatic heterocycles. The summed E-state index contributed by atoms with van der Waals surface area (Å²) in [7, 11) is 0. The predicted molar refractivity (Wildman–Crippen MR) is 95.4 cm³/mol. The SMILES string of the molecule is C=C(C)[C@@H]1C[C@@]2(C)C(=CC1=O)CC[C@@H](OC(=O)/C=C\CS)[C@@H]2C. The van der Waals surface area contributed by atoms with E-state index in [0.717, 1.165) is 24.8 Å². The van der Waals surface area contributed by atoms with Crippen molar-refractivity contribution in [2.45, 2.75) is 46.1 Å². The highest BCUT2D eigenvalue weighted by Crippen LogP contribution is 2.52. The van der Waals surface area contributed by atoms with Crippen LogP contribution in [0.1, 0.15) is 40.0 Å². The van der Waals surface area contributed by atoms with Crippen molar-refractivity contribution in [3.8, 4) is 0 Å². The number of ketones is 1. The molecule has 0 spiro atoms. The summed E-state index contributed by atoms with van der Waals surface area (Å²) in [5, 5.41) is 0. The third-order valence-electron chi connectivity index (χ3n) is 5.50. The molecule has 126 valence electrons. The summed E-state index contributed by atoms with van der Waals surface area (Å²) < 4.78 is 5.65. The van der Waals surface area contributed by atoms with Gasteiger partial charge in [-0.15, -0.1) is 0 Å². The Morgan fingerprint density at radius 2 is 2.26 bits per heavy atom. The number of hydrogen-bond acceptors (Lipinski definition) is 4. The quantitative estimate of drug-likeness (QED) is 0.367. The van der Waals surface area contributed by atoms with Crippen molar-refractivity contribution in [3.63, 3.8) is 0 Å². The van der Waals surface area contributed by atoms with E-state index >= 15 is 0 Å². The van der Waals surface area contributed by atoms with Crippen molar-refractivity contribution in [2.75, 3.05) is 5.75 Å². The van der Waals surface area contributed by atoms with Gasteiger partial charge in [-0.3, -0.25) is 4.79 Å². The molecular formula is C19H26O3S. The fraction of sp³-hybridized carbons (Fsp3) is 0.579. The van der Waals surface area contributed by atoms with Crippen LogP contribution in [0.4, 0.5) is 0 Å². The van der Waals surface area contributed by atoms with Crippen LogP contribution >= 0.6 is 12.6 Å². The molecule has 0 aromatic rings. The number of carbonyl (C=O) groups is 2. The maximum atomic E-state index is 12.3. The summed E-state index contributed by atoms with van der Waals surface area (Å²) >= 11 is 4.05. The van der Waals surface area contributed by atoms with Crippen LogP contribution in [0, 0.1) is 17.3 Å². The molecule has 0 unspecified atom stereocenters. The summed E-state index contributed by atoms with van der Waals surface area (Å²) in [5.41, 5.74) is 1.99. The van der Waals surface area contributed by atoms with Crippen molar-refractivity contribution in [2.24, 2.45) is 17.3 Å². The molecule has 0 amide bonds. The van der Waals surface area contributed by atoms with Crippen molar-refractivity contribution in [3.05, 3.63) is 36.0 Å². The molecule has 4 atom stereocenters. The van der Waals surface area contributed by atoms with Crippen LogP contribution in [-0.2, 0) is 14.3 Å². The lowest BCUT2D eigenvalue weighted by atomic mass is 9.57. The van der Waals surface area contributed by atoms with Crippen LogP contribution in [0.5, 0.6) is 0 Å². The minimum absolute atomic E-state index is 0.117. The van der Waals surface area contributed by atoms with E-state index in [1.165, 1.54) is 11.6 Å².